The van der Waals surface area contributed by atoms with Crippen LogP contribution in [0.25, 0.3) is 0 Å². The fraction of sp³-hybridized carbons (Fsp3) is 0.667. The molecule has 0 saturated carbocycles. The third kappa shape index (κ3) is 6.42. The highest BCUT2D eigenvalue weighted by Gasteiger charge is 2.08. The van der Waals surface area contributed by atoms with Gasteiger partial charge in [0.1, 0.15) is 5.75 Å². The van der Waals surface area contributed by atoms with Gasteiger partial charge in [-0.2, -0.15) is 0 Å². The fourth-order valence-electron chi connectivity index (χ4n) is 2.63. The average molecular weight is 277 g/mol. The SMILES string of the molecule is CCCCCCCCCc1cccc(O)c1CN(C)C. The molecule has 0 atom stereocenters. The third-order valence-corrected chi connectivity index (χ3v) is 3.77. The molecule has 0 aromatic heterocycles. The molecule has 2 heteroatoms. The van der Waals surface area contributed by atoms with E-state index in [1.807, 2.05) is 20.2 Å². The summed E-state index contributed by atoms with van der Waals surface area (Å²) in [5.41, 5.74) is 2.41. The minimum atomic E-state index is 0.444. The van der Waals surface area contributed by atoms with Crippen molar-refractivity contribution in [2.75, 3.05) is 14.1 Å². The van der Waals surface area contributed by atoms with Crippen LogP contribution in [0.15, 0.2) is 18.2 Å². The van der Waals surface area contributed by atoms with E-state index in [2.05, 4.69) is 17.9 Å². The van der Waals surface area contributed by atoms with Crippen molar-refractivity contribution in [1.29, 1.82) is 0 Å². The summed E-state index contributed by atoms with van der Waals surface area (Å²) in [5.74, 6) is 0.444. The van der Waals surface area contributed by atoms with Gasteiger partial charge in [-0.15, -0.1) is 0 Å². The number of hydrogen-bond acceptors (Lipinski definition) is 2. The number of aryl methyl sites for hydroxylation is 1. The summed E-state index contributed by atoms with van der Waals surface area (Å²) in [5, 5.41) is 10.0. The largest absolute Gasteiger partial charge is 0.508 e. The monoisotopic (exact) mass is 277 g/mol. The molecule has 1 aromatic carbocycles. The molecule has 0 aliphatic rings. The molecule has 114 valence electrons. The number of nitrogens with zero attached hydrogens (tertiary/aromatic N) is 1. The third-order valence-electron chi connectivity index (χ3n) is 3.77. The summed E-state index contributed by atoms with van der Waals surface area (Å²) in [7, 11) is 4.09. The van der Waals surface area contributed by atoms with E-state index in [0.717, 1.165) is 18.5 Å². The van der Waals surface area contributed by atoms with Gasteiger partial charge < -0.3 is 10.0 Å². The molecule has 0 spiro atoms. The van der Waals surface area contributed by atoms with E-state index in [1.54, 1.807) is 6.07 Å². The Balaban J connectivity index is 2.37. The maximum Gasteiger partial charge on any atom is 0.120 e. The maximum absolute atomic E-state index is 10.0. The molecule has 2 nitrogen and oxygen atoms in total. The van der Waals surface area contributed by atoms with Crippen molar-refractivity contribution in [1.82, 2.24) is 4.90 Å². The molecule has 0 aliphatic heterocycles. The van der Waals surface area contributed by atoms with Crippen molar-refractivity contribution in [3.05, 3.63) is 29.3 Å². The Morgan fingerprint density at radius 2 is 1.60 bits per heavy atom. The number of phenolic OH excluding ortho intramolecular Hbond substituents is 1. The molecule has 0 fully saturated rings. The summed E-state index contributed by atoms with van der Waals surface area (Å²) in [6.45, 7) is 3.08. The van der Waals surface area contributed by atoms with Crippen molar-refractivity contribution in [2.45, 2.75) is 64.8 Å². The van der Waals surface area contributed by atoms with E-state index in [1.165, 1.54) is 50.5 Å². The summed E-state index contributed by atoms with van der Waals surface area (Å²) in [6.07, 6.45) is 10.4. The number of benzene rings is 1. The van der Waals surface area contributed by atoms with Crippen LogP contribution in [0.4, 0.5) is 0 Å². The molecule has 0 saturated heterocycles. The Bertz CT molecular complexity index is 374. The second kappa shape index (κ2) is 9.82. The van der Waals surface area contributed by atoms with Gasteiger partial charge in [-0.3, -0.25) is 0 Å². The van der Waals surface area contributed by atoms with E-state index < -0.39 is 0 Å². The Kier molecular flexibility index (Phi) is 8.36. The van der Waals surface area contributed by atoms with Crippen molar-refractivity contribution in [3.8, 4) is 5.75 Å². The number of hydrogen-bond donors (Lipinski definition) is 1. The van der Waals surface area contributed by atoms with Gasteiger partial charge in [-0.1, -0.05) is 57.6 Å². The minimum absolute atomic E-state index is 0.444. The van der Waals surface area contributed by atoms with E-state index in [0.29, 0.717) is 5.75 Å². The summed E-state index contributed by atoms with van der Waals surface area (Å²) in [6, 6.07) is 5.92. The molecule has 20 heavy (non-hydrogen) atoms. The molecule has 0 bridgehead atoms. The van der Waals surface area contributed by atoms with Gasteiger partial charge in [0.25, 0.3) is 0 Å². The van der Waals surface area contributed by atoms with Crippen LogP contribution in [0.3, 0.4) is 0 Å². The summed E-state index contributed by atoms with van der Waals surface area (Å²) < 4.78 is 0. The van der Waals surface area contributed by atoms with Crippen LogP contribution < -0.4 is 0 Å². The summed E-state index contributed by atoms with van der Waals surface area (Å²) in [4.78, 5) is 2.11. The smallest absolute Gasteiger partial charge is 0.120 e. The molecule has 0 heterocycles. The predicted octanol–water partition coefficient (Wildman–Crippen LogP) is 4.75. The van der Waals surface area contributed by atoms with Gasteiger partial charge in [-0.05, 0) is 38.6 Å². The number of phenols is 1. The van der Waals surface area contributed by atoms with Crippen LogP contribution >= 0.6 is 0 Å². The van der Waals surface area contributed by atoms with E-state index in [-0.39, 0.29) is 0 Å². The molecule has 1 rings (SSSR count). The van der Waals surface area contributed by atoms with Gasteiger partial charge in [0.2, 0.25) is 0 Å². The Morgan fingerprint density at radius 1 is 0.950 bits per heavy atom. The predicted molar refractivity (Wildman–Crippen MR) is 87.2 cm³/mol. The van der Waals surface area contributed by atoms with Crippen LogP contribution in [-0.4, -0.2) is 24.1 Å². The quantitative estimate of drug-likeness (QED) is 0.624. The lowest BCUT2D eigenvalue weighted by atomic mass is 9.99. The normalized spacial score (nSPS) is 11.2. The van der Waals surface area contributed by atoms with Gasteiger partial charge in [0, 0.05) is 12.1 Å². The van der Waals surface area contributed by atoms with Crippen LogP contribution in [0, 0.1) is 0 Å². The lowest BCUT2D eigenvalue weighted by molar-refractivity contribution is 0.383. The van der Waals surface area contributed by atoms with Crippen LogP contribution in [0.5, 0.6) is 5.75 Å². The second-order valence-corrected chi connectivity index (χ2v) is 6.02. The van der Waals surface area contributed by atoms with Gasteiger partial charge >= 0.3 is 0 Å². The number of aromatic hydroxyl groups is 1. The number of rotatable bonds is 10. The highest BCUT2D eigenvalue weighted by molar-refractivity contribution is 5.39. The average Bonchev–Trinajstić information content (AvgIpc) is 2.41. The Labute approximate surface area is 124 Å². The van der Waals surface area contributed by atoms with Crippen LogP contribution in [-0.2, 0) is 13.0 Å². The Hall–Kier alpha value is -1.02. The zero-order valence-corrected chi connectivity index (χ0v) is 13.5. The summed E-state index contributed by atoms with van der Waals surface area (Å²) >= 11 is 0. The molecule has 0 amide bonds. The first-order valence-electron chi connectivity index (χ1n) is 8.09. The first-order valence-corrected chi connectivity index (χ1v) is 8.09. The second-order valence-electron chi connectivity index (χ2n) is 6.02. The lowest BCUT2D eigenvalue weighted by Gasteiger charge is -2.15. The minimum Gasteiger partial charge on any atom is -0.508 e. The molecular weight excluding hydrogens is 246 g/mol. The van der Waals surface area contributed by atoms with Gasteiger partial charge in [0.05, 0.1) is 0 Å². The van der Waals surface area contributed by atoms with E-state index in [4.69, 9.17) is 0 Å². The molecular formula is C18H31NO. The molecule has 0 radical (unpaired) electrons. The van der Waals surface area contributed by atoms with Crippen molar-refractivity contribution < 1.29 is 5.11 Å². The topological polar surface area (TPSA) is 23.5 Å². The molecule has 0 unspecified atom stereocenters. The fourth-order valence-corrected chi connectivity index (χ4v) is 2.63. The van der Waals surface area contributed by atoms with E-state index in [9.17, 15) is 5.11 Å². The Morgan fingerprint density at radius 3 is 2.25 bits per heavy atom. The van der Waals surface area contributed by atoms with Gasteiger partial charge in [-0.25, -0.2) is 0 Å². The van der Waals surface area contributed by atoms with Crippen LogP contribution in [0.2, 0.25) is 0 Å². The van der Waals surface area contributed by atoms with E-state index >= 15 is 0 Å². The first-order chi connectivity index (χ1) is 9.65. The van der Waals surface area contributed by atoms with Crippen molar-refractivity contribution in [3.63, 3.8) is 0 Å². The standard InChI is InChI=1S/C18H31NO/c1-4-5-6-7-8-9-10-12-16-13-11-14-18(20)17(16)15-19(2)3/h11,13-14,20H,4-10,12,15H2,1-3H3. The van der Waals surface area contributed by atoms with Gasteiger partial charge in [0.15, 0.2) is 0 Å². The van der Waals surface area contributed by atoms with Crippen molar-refractivity contribution in [2.24, 2.45) is 0 Å². The zero-order chi connectivity index (χ0) is 14.8. The number of unbranched alkanes of at least 4 members (excludes halogenated alkanes) is 6. The highest BCUT2D eigenvalue weighted by atomic mass is 16.3. The first kappa shape index (κ1) is 17.0. The van der Waals surface area contributed by atoms with Crippen LogP contribution in [0.1, 0.15) is 63.0 Å². The maximum atomic E-state index is 10.0. The zero-order valence-electron chi connectivity index (χ0n) is 13.5. The van der Waals surface area contributed by atoms with Crippen molar-refractivity contribution >= 4 is 0 Å². The molecule has 1 N–H and O–H groups in total. The molecule has 0 aliphatic carbocycles. The highest BCUT2D eigenvalue weighted by Crippen LogP contribution is 2.24. The molecule has 1 aromatic rings. The lowest BCUT2D eigenvalue weighted by Crippen LogP contribution is -2.12.